The zero-order chi connectivity index (χ0) is 13.9. The maximum absolute atomic E-state index is 11.3. The highest BCUT2D eigenvalue weighted by atomic mass is 32.2. The van der Waals surface area contributed by atoms with Crippen molar-refractivity contribution in [1.82, 2.24) is 5.32 Å². The van der Waals surface area contributed by atoms with Crippen molar-refractivity contribution < 1.29 is 13.2 Å². The number of nitrogens with zero attached hydrogens (tertiary/aromatic N) is 1. The molecule has 0 saturated carbocycles. The maximum Gasteiger partial charge on any atom is 0.239 e. The van der Waals surface area contributed by atoms with E-state index in [1.54, 1.807) is 11.9 Å². The molecule has 0 saturated heterocycles. The van der Waals surface area contributed by atoms with Crippen LogP contribution in [0.3, 0.4) is 0 Å². The summed E-state index contributed by atoms with van der Waals surface area (Å²) in [7, 11) is -0.645. The summed E-state index contributed by atoms with van der Waals surface area (Å²) in [6, 6.07) is 4.10. The number of nitrogen functional groups attached to an aromatic ring is 1. The fourth-order valence-corrected chi connectivity index (χ4v) is 1.94. The molecule has 1 rings (SSSR count). The molecule has 0 aliphatic rings. The van der Waals surface area contributed by atoms with E-state index in [0.29, 0.717) is 11.4 Å². The molecular weight excluding hydrogens is 256 g/mol. The number of benzene rings is 1. The van der Waals surface area contributed by atoms with Crippen LogP contribution in [0.1, 0.15) is 0 Å². The molecule has 18 heavy (non-hydrogen) atoms. The Morgan fingerprint density at radius 3 is 2.56 bits per heavy atom. The van der Waals surface area contributed by atoms with E-state index in [4.69, 9.17) is 10.9 Å². The minimum Gasteiger partial charge on any atom is -0.397 e. The average molecular weight is 272 g/mol. The van der Waals surface area contributed by atoms with Crippen molar-refractivity contribution in [2.24, 2.45) is 5.14 Å². The summed E-state index contributed by atoms with van der Waals surface area (Å²) >= 11 is 0. The van der Waals surface area contributed by atoms with Gasteiger partial charge >= 0.3 is 0 Å². The summed E-state index contributed by atoms with van der Waals surface area (Å²) in [4.78, 5) is 12.8. The molecule has 1 amide bonds. The van der Waals surface area contributed by atoms with E-state index in [2.05, 4.69) is 5.32 Å². The van der Waals surface area contributed by atoms with Crippen LogP contribution in [0, 0.1) is 0 Å². The molecule has 0 aliphatic carbocycles. The second kappa shape index (κ2) is 5.23. The summed E-state index contributed by atoms with van der Waals surface area (Å²) in [5, 5.41) is 7.50. The topological polar surface area (TPSA) is 119 Å². The summed E-state index contributed by atoms with van der Waals surface area (Å²) in [6.07, 6.45) is 0. The Hall–Kier alpha value is -1.80. The predicted octanol–water partition coefficient (Wildman–Crippen LogP) is -0.902. The summed E-state index contributed by atoms with van der Waals surface area (Å²) in [5.41, 5.74) is 6.55. The number of nitrogens with two attached hydrogens (primary N) is 2. The minimum absolute atomic E-state index is 0.0459. The lowest BCUT2D eigenvalue weighted by atomic mass is 10.2. The van der Waals surface area contributed by atoms with Crippen molar-refractivity contribution in [2.45, 2.75) is 4.90 Å². The largest absolute Gasteiger partial charge is 0.397 e. The number of rotatable bonds is 4. The Bertz CT molecular complexity index is 556. The molecule has 0 bridgehead atoms. The fourth-order valence-electron chi connectivity index (χ4n) is 1.41. The van der Waals surface area contributed by atoms with Gasteiger partial charge in [0.1, 0.15) is 0 Å². The van der Waals surface area contributed by atoms with Gasteiger partial charge in [-0.1, -0.05) is 0 Å². The van der Waals surface area contributed by atoms with Gasteiger partial charge in [0.2, 0.25) is 15.9 Å². The van der Waals surface area contributed by atoms with Crippen LogP contribution in [-0.2, 0) is 14.8 Å². The van der Waals surface area contributed by atoms with Crippen LogP contribution in [0.4, 0.5) is 11.4 Å². The maximum atomic E-state index is 11.3. The summed E-state index contributed by atoms with van der Waals surface area (Å²) < 4.78 is 22.5. The van der Waals surface area contributed by atoms with Gasteiger partial charge in [-0.05, 0) is 18.2 Å². The number of anilines is 2. The van der Waals surface area contributed by atoms with E-state index in [1.807, 2.05) is 0 Å². The van der Waals surface area contributed by atoms with E-state index in [0.717, 1.165) is 0 Å². The van der Waals surface area contributed by atoms with Crippen LogP contribution in [0.25, 0.3) is 0 Å². The molecule has 7 nitrogen and oxygen atoms in total. The second-order valence-electron chi connectivity index (χ2n) is 3.79. The monoisotopic (exact) mass is 272 g/mol. The number of amides is 1. The van der Waals surface area contributed by atoms with Crippen molar-refractivity contribution in [2.75, 3.05) is 31.3 Å². The lowest BCUT2D eigenvalue weighted by Crippen LogP contribution is -2.33. The van der Waals surface area contributed by atoms with E-state index >= 15 is 0 Å². The van der Waals surface area contributed by atoms with Crippen LogP contribution < -0.4 is 21.1 Å². The standard InChI is InChI=1S/C10H16N4O3S/c1-13-10(15)6-14(2)9-5-7(18(12,16)17)3-4-8(9)11/h3-5H,6,11H2,1-2H3,(H,13,15)(H2,12,16,17). The van der Waals surface area contributed by atoms with Crippen LogP contribution >= 0.6 is 0 Å². The normalized spacial score (nSPS) is 11.1. The zero-order valence-corrected chi connectivity index (χ0v) is 11.0. The average Bonchev–Trinajstić information content (AvgIpc) is 2.27. The molecule has 0 atom stereocenters. The van der Waals surface area contributed by atoms with Crippen LogP contribution in [0.2, 0.25) is 0 Å². The minimum atomic E-state index is -3.79. The number of nitrogens with one attached hydrogen (secondary N) is 1. The second-order valence-corrected chi connectivity index (χ2v) is 5.36. The molecule has 1 aromatic rings. The quantitative estimate of drug-likeness (QED) is 0.614. The molecule has 0 aromatic heterocycles. The van der Waals surface area contributed by atoms with Gasteiger partial charge in [-0.2, -0.15) is 0 Å². The van der Waals surface area contributed by atoms with E-state index in [9.17, 15) is 13.2 Å². The van der Waals surface area contributed by atoms with Gasteiger partial charge in [-0.25, -0.2) is 13.6 Å². The Balaban J connectivity index is 3.12. The number of carbonyl (C=O) groups excluding carboxylic acids is 1. The lowest BCUT2D eigenvalue weighted by Gasteiger charge is -2.20. The van der Waals surface area contributed by atoms with Crippen LogP contribution in [0.5, 0.6) is 0 Å². The van der Waals surface area contributed by atoms with Crippen molar-refractivity contribution >= 4 is 27.3 Å². The fraction of sp³-hybridized carbons (Fsp3) is 0.300. The van der Waals surface area contributed by atoms with Gasteiger partial charge in [-0.15, -0.1) is 0 Å². The van der Waals surface area contributed by atoms with Gasteiger partial charge in [0, 0.05) is 14.1 Å². The van der Waals surface area contributed by atoms with Crippen LogP contribution in [-0.4, -0.2) is 35.0 Å². The van der Waals surface area contributed by atoms with Crippen molar-refractivity contribution in [1.29, 1.82) is 0 Å². The SMILES string of the molecule is CNC(=O)CN(C)c1cc(S(N)(=O)=O)ccc1N. The first-order valence-electron chi connectivity index (χ1n) is 5.09. The Morgan fingerprint density at radius 1 is 1.44 bits per heavy atom. The third-order valence-electron chi connectivity index (χ3n) is 2.40. The number of hydrogen-bond acceptors (Lipinski definition) is 5. The Labute approximate surface area is 106 Å². The molecule has 8 heteroatoms. The van der Waals surface area contributed by atoms with E-state index in [-0.39, 0.29) is 17.3 Å². The summed E-state index contributed by atoms with van der Waals surface area (Å²) in [5.74, 6) is -0.210. The Kier molecular flexibility index (Phi) is 4.15. The zero-order valence-electron chi connectivity index (χ0n) is 10.2. The smallest absolute Gasteiger partial charge is 0.239 e. The molecule has 0 aliphatic heterocycles. The number of primary sulfonamides is 1. The molecular formula is C10H16N4O3S. The molecule has 0 unspecified atom stereocenters. The number of hydrogen-bond donors (Lipinski definition) is 3. The van der Waals surface area contributed by atoms with Gasteiger partial charge in [0.15, 0.2) is 0 Å². The first-order valence-corrected chi connectivity index (χ1v) is 6.64. The first-order chi connectivity index (χ1) is 8.25. The van der Waals surface area contributed by atoms with Gasteiger partial charge in [-0.3, -0.25) is 4.79 Å². The highest BCUT2D eigenvalue weighted by Gasteiger charge is 2.14. The van der Waals surface area contributed by atoms with Crippen molar-refractivity contribution in [3.05, 3.63) is 18.2 Å². The van der Waals surface area contributed by atoms with Crippen molar-refractivity contribution in [3.8, 4) is 0 Å². The third kappa shape index (κ3) is 3.34. The molecule has 100 valence electrons. The van der Waals surface area contributed by atoms with Gasteiger partial charge in [0.25, 0.3) is 0 Å². The number of sulfonamides is 1. The van der Waals surface area contributed by atoms with E-state index in [1.165, 1.54) is 25.2 Å². The van der Waals surface area contributed by atoms with Gasteiger partial charge < -0.3 is 16.0 Å². The van der Waals surface area contributed by atoms with Crippen LogP contribution in [0.15, 0.2) is 23.1 Å². The first kappa shape index (κ1) is 14.3. The molecule has 5 N–H and O–H groups in total. The lowest BCUT2D eigenvalue weighted by molar-refractivity contribution is -0.119. The molecule has 0 heterocycles. The number of carbonyl (C=O) groups is 1. The molecule has 1 aromatic carbocycles. The third-order valence-corrected chi connectivity index (χ3v) is 3.31. The van der Waals surface area contributed by atoms with E-state index < -0.39 is 10.0 Å². The molecule has 0 spiro atoms. The predicted molar refractivity (Wildman–Crippen MR) is 69.6 cm³/mol. The Morgan fingerprint density at radius 2 is 2.06 bits per heavy atom. The highest BCUT2D eigenvalue weighted by Crippen LogP contribution is 2.25. The molecule has 0 radical (unpaired) electrons. The molecule has 0 fully saturated rings. The highest BCUT2D eigenvalue weighted by molar-refractivity contribution is 7.89. The van der Waals surface area contributed by atoms with Gasteiger partial charge in [0.05, 0.1) is 22.8 Å². The van der Waals surface area contributed by atoms with Crippen molar-refractivity contribution in [3.63, 3.8) is 0 Å². The number of likely N-dealkylation sites (N-methyl/N-ethyl adjacent to an activating group) is 2. The summed E-state index contributed by atoms with van der Waals surface area (Å²) in [6.45, 7) is 0.0643.